The number of rotatable bonds is 2. The van der Waals surface area contributed by atoms with E-state index < -0.39 is 0 Å². The van der Waals surface area contributed by atoms with Crippen molar-refractivity contribution in [2.24, 2.45) is 7.05 Å². The highest BCUT2D eigenvalue weighted by atomic mass is 79.9. The predicted molar refractivity (Wildman–Crippen MR) is 74.5 cm³/mol. The van der Waals surface area contributed by atoms with Crippen LogP contribution < -0.4 is 11.1 Å². The zero-order valence-corrected chi connectivity index (χ0v) is 11.7. The zero-order valence-electron chi connectivity index (χ0n) is 10.1. The Morgan fingerprint density at radius 2 is 2.22 bits per heavy atom. The highest BCUT2D eigenvalue weighted by molar-refractivity contribution is 9.10. The predicted octanol–water partition coefficient (Wildman–Crippen LogP) is 2.33. The van der Waals surface area contributed by atoms with Crippen molar-refractivity contribution >= 4 is 33.2 Å². The molecular formula is C12H13BrN4O. The Bertz CT molecular complexity index is 606. The quantitative estimate of drug-likeness (QED) is 0.894. The lowest BCUT2D eigenvalue weighted by atomic mass is 10.2. The van der Waals surface area contributed by atoms with Gasteiger partial charge in [0.05, 0.1) is 11.4 Å². The summed E-state index contributed by atoms with van der Waals surface area (Å²) < 4.78 is 2.36. The van der Waals surface area contributed by atoms with Crippen molar-refractivity contribution in [2.75, 3.05) is 11.1 Å². The summed E-state index contributed by atoms with van der Waals surface area (Å²) in [6.07, 6.45) is 1.60. The molecule has 1 aromatic carbocycles. The van der Waals surface area contributed by atoms with Crippen LogP contribution >= 0.6 is 15.9 Å². The molecule has 0 unspecified atom stereocenters. The van der Waals surface area contributed by atoms with E-state index in [2.05, 4.69) is 26.3 Å². The maximum Gasteiger partial charge on any atom is 0.278 e. The third-order valence-corrected chi connectivity index (χ3v) is 3.56. The van der Waals surface area contributed by atoms with Gasteiger partial charge in [0.1, 0.15) is 0 Å². The van der Waals surface area contributed by atoms with Crippen LogP contribution in [0.2, 0.25) is 0 Å². The Balaban J connectivity index is 2.27. The van der Waals surface area contributed by atoms with Crippen molar-refractivity contribution in [1.82, 2.24) is 9.78 Å². The number of nitrogen functional groups attached to an aromatic ring is 1. The molecule has 6 heteroatoms. The van der Waals surface area contributed by atoms with Gasteiger partial charge < -0.3 is 11.1 Å². The molecule has 0 radical (unpaired) electrons. The monoisotopic (exact) mass is 308 g/mol. The van der Waals surface area contributed by atoms with Crippen LogP contribution in [0.3, 0.4) is 0 Å². The van der Waals surface area contributed by atoms with Gasteiger partial charge >= 0.3 is 0 Å². The number of aromatic nitrogens is 2. The molecule has 0 aliphatic heterocycles. The largest absolute Gasteiger partial charge is 0.396 e. The second-order valence-corrected chi connectivity index (χ2v) is 4.79. The number of aryl methyl sites for hydroxylation is 2. The molecule has 3 N–H and O–H groups in total. The number of amides is 1. The van der Waals surface area contributed by atoms with Crippen molar-refractivity contribution < 1.29 is 4.79 Å². The van der Waals surface area contributed by atoms with Crippen LogP contribution in [0.15, 0.2) is 28.9 Å². The van der Waals surface area contributed by atoms with Gasteiger partial charge in [-0.2, -0.15) is 5.10 Å². The Labute approximate surface area is 113 Å². The van der Waals surface area contributed by atoms with Crippen LogP contribution in [0.25, 0.3) is 0 Å². The molecule has 1 aromatic heterocycles. The van der Waals surface area contributed by atoms with E-state index in [0.717, 1.165) is 10.0 Å². The fourth-order valence-electron chi connectivity index (χ4n) is 1.61. The summed E-state index contributed by atoms with van der Waals surface area (Å²) in [6, 6.07) is 5.64. The lowest BCUT2D eigenvalue weighted by molar-refractivity contribution is 0.102. The Kier molecular flexibility index (Phi) is 3.38. The molecule has 1 amide bonds. The Hall–Kier alpha value is -1.82. The van der Waals surface area contributed by atoms with Crippen molar-refractivity contribution in [3.8, 4) is 0 Å². The van der Waals surface area contributed by atoms with E-state index in [-0.39, 0.29) is 11.6 Å². The number of anilines is 2. The molecule has 0 saturated carbocycles. The lowest BCUT2D eigenvalue weighted by Gasteiger charge is -2.08. The highest BCUT2D eigenvalue weighted by Crippen LogP contribution is 2.26. The summed E-state index contributed by atoms with van der Waals surface area (Å²) in [7, 11) is 1.72. The van der Waals surface area contributed by atoms with Gasteiger partial charge in [0.2, 0.25) is 0 Å². The van der Waals surface area contributed by atoms with E-state index in [4.69, 9.17) is 5.73 Å². The molecule has 0 aliphatic rings. The number of carbonyl (C=O) groups is 1. The number of nitrogens with zero attached hydrogens (tertiary/aromatic N) is 2. The SMILES string of the molecule is Cc1cccc(NC(=O)c2nn(C)cc2N)c1Br. The van der Waals surface area contributed by atoms with Gasteiger partial charge in [0, 0.05) is 17.7 Å². The van der Waals surface area contributed by atoms with Crippen LogP contribution in [-0.2, 0) is 7.05 Å². The van der Waals surface area contributed by atoms with E-state index in [9.17, 15) is 4.79 Å². The number of nitrogens with one attached hydrogen (secondary N) is 1. The van der Waals surface area contributed by atoms with Crippen LogP contribution in [0.1, 0.15) is 16.1 Å². The minimum Gasteiger partial charge on any atom is -0.396 e. The molecule has 2 aromatic rings. The normalized spacial score (nSPS) is 10.4. The number of halogens is 1. The molecule has 0 fully saturated rings. The molecule has 0 saturated heterocycles. The second kappa shape index (κ2) is 4.81. The molecular weight excluding hydrogens is 296 g/mol. The average Bonchev–Trinajstić information content (AvgIpc) is 2.64. The van der Waals surface area contributed by atoms with E-state index >= 15 is 0 Å². The summed E-state index contributed by atoms with van der Waals surface area (Å²) in [5.74, 6) is -0.320. The van der Waals surface area contributed by atoms with Crippen molar-refractivity contribution in [1.29, 1.82) is 0 Å². The van der Waals surface area contributed by atoms with Crippen molar-refractivity contribution in [2.45, 2.75) is 6.92 Å². The van der Waals surface area contributed by atoms with E-state index in [1.54, 1.807) is 13.2 Å². The standard InChI is InChI=1S/C12H13BrN4O/c1-7-4-3-5-9(10(7)13)15-12(18)11-8(14)6-17(2)16-11/h3-6H,14H2,1-2H3,(H,15,18). The first-order valence-corrected chi connectivity index (χ1v) is 6.14. The van der Waals surface area contributed by atoms with E-state index in [1.165, 1.54) is 4.68 Å². The molecule has 0 aliphatic carbocycles. The third-order valence-electron chi connectivity index (χ3n) is 2.51. The van der Waals surface area contributed by atoms with Gasteiger partial charge in [0.15, 0.2) is 5.69 Å². The zero-order chi connectivity index (χ0) is 13.3. The summed E-state index contributed by atoms with van der Waals surface area (Å²) in [5, 5.41) is 6.80. The summed E-state index contributed by atoms with van der Waals surface area (Å²) in [6.45, 7) is 1.95. The third kappa shape index (κ3) is 2.38. The fourth-order valence-corrected chi connectivity index (χ4v) is 1.97. The molecule has 5 nitrogen and oxygen atoms in total. The van der Waals surface area contributed by atoms with Gasteiger partial charge in [-0.15, -0.1) is 0 Å². The molecule has 18 heavy (non-hydrogen) atoms. The fraction of sp³-hybridized carbons (Fsp3) is 0.167. The minimum atomic E-state index is -0.320. The summed E-state index contributed by atoms with van der Waals surface area (Å²) >= 11 is 3.43. The number of hydrogen-bond acceptors (Lipinski definition) is 3. The topological polar surface area (TPSA) is 72.9 Å². The van der Waals surface area contributed by atoms with Gasteiger partial charge in [0.25, 0.3) is 5.91 Å². The molecule has 94 valence electrons. The van der Waals surface area contributed by atoms with Gasteiger partial charge in [-0.25, -0.2) is 0 Å². The van der Waals surface area contributed by atoms with Gasteiger partial charge in [-0.05, 0) is 34.5 Å². The number of nitrogens with two attached hydrogens (primary N) is 1. The molecule has 1 heterocycles. The number of carbonyl (C=O) groups excluding carboxylic acids is 1. The van der Waals surface area contributed by atoms with Gasteiger partial charge in [-0.1, -0.05) is 12.1 Å². The second-order valence-electron chi connectivity index (χ2n) is 4.00. The number of hydrogen-bond donors (Lipinski definition) is 2. The van der Waals surface area contributed by atoms with Crippen LogP contribution in [-0.4, -0.2) is 15.7 Å². The summed E-state index contributed by atoms with van der Waals surface area (Å²) in [5.41, 5.74) is 8.04. The average molecular weight is 309 g/mol. The van der Waals surface area contributed by atoms with Gasteiger partial charge in [-0.3, -0.25) is 9.48 Å². The molecule has 0 spiro atoms. The highest BCUT2D eigenvalue weighted by Gasteiger charge is 2.15. The Morgan fingerprint density at radius 3 is 2.83 bits per heavy atom. The maximum absolute atomic E-state index is 12.0. The first kappa shape index (κ1) is 12.6. The smallest absolute Gasteiger partial charge is 0.278 e. The van der Waals surface area contributed by atoms with Crippen molar-refractivity contribution in [3.63, 3.8) is 0 Å². The van der Waals surface area contributed by atoms with Crippen LogP contribution in [0.5, 0.6) is 0 Å². The van der Waals surface area contributed by atoms with Crippen molar-refractivity contribution in [3.05, 3.63) is 40.1 Å². The number of benzene rings is 1. The van der Waals surface area contributed by atoms with E-state index in [0.29, 0.717) is 11.4 Å². The Morgan fingerprint density at radius 1 is 1.50 bits per heavy atom. The molecule has 0 atom stereocenters. The molecule has 2 rings (SSSR count). The summed E-state index contributed by atoms with van der Waals surface area (Å²) in [4.78, 5) is 12.0. The maximum atomic E-state index is 12.0. The van der Waals surface area contributed by atoms with E-state index in [1.807, 2.05) is 25.1 Å². The lowest BCUT2D eigenvalue weighted by Crippen LogP contribution is -2.15. The van der Waals surface area contributed by atoms with Crippen LogP contribution in [0.4, 0.5) is 11.4 Å². The first-order valence-electron chi connectivity index (χ1n) is 5.34. The first-order chi connectivity index (χ1) is 8.49. The van der Waals surface area contributed by atoms with Crippen LogP contribution in [0, 0.1) is 6.92 Å². The molecule has 0 bridgehead atoms. The minimum absolute atomic E-state index is 0.228.